The van der Waals surface area contributed by atoms with Crippen molar-refractivity contribution in [1.82, 2.24) is 20.0 Å². The smallest absolute Gasteiger partial charge is 0.113 e. The summed E-state index contributed by atoms with van der Waals surface area (Å²) in [5.74, 6) is 0. The monoisotopic (exact) mass is 253 g/mol. The highest BCUT2D eigenvalue weighted by Crippen LogP contribution is 2.21. The summed E-state index contributed by atoms with van der Waals surface area (Å²) >= 11 is 0. The quantitative estimate of drug-likeness (QED) is 0.757. The Hall–Kier alpha value is -2.27. The van der Waals surface area contributed by atoms with Crippen LogP contribution in [0.2, 0.25) is 0 Å². The number of rotatable bonds is 2. The number of para-hydroxylation sites is 1. The van der Waals surface area contributed by atoms with E-state index in [-0.39, 0.29) is 0 Å². The van der Waals surface area contributed by atoms with E-state index in [4.69, 9.17) is 5.73 Å². The number of benzene rings is 1. The number of aromatic nitrogens is 4. The zero-order chi connectivity index (χ0) is 13.4. The summed E-state index contributed by atoms with van der Waals surface area (Å²) in [6, 6.07) is 9.87. The molecule has 0 bridgehead atoms. The van der Waals surface area contributed by atoms with E-state index in [0.717, 1.165) is 33.7 Å². The summed E-state index contributed by atoms with van der Waals surface area (Å²) in [5.41, 5.74) is 11.5. The molecule has 1 aromatic carbocycles. The Kier molecular flexibility index (Phi) is 2.76. The molecule has 2 N–H and O–H groups in total. The summed E-state index contributed by atoms with van der Waals surface area (Å²) in [7, 11) is 0. The van der Waals surface area contributed by atoms with Crippen LogP contribution in [0.3, 0.4) is 0 Å². The molecule has 0 aliphatic heterocycles. The van der Waals surface area contributed by atoms with Crippen molar-refractivity contribution in [1.29, 1.82) is 0 Å². The Balaban J connectivity index is 2.32. The fourth-order valence-electron chi connectivity index (χ4n) is 2.32. The second-order valence-electron chi connectivity index (χ2n) is 4.54. The number of hydrogen-bond acceptors (Lipinski definition) is 4. The number of pyridine rings is 1. The molecule has 0 amide bonds. The topological polar surface area (TPSA) is 69.6 Å². The van der Waals surface area contributed by atoms with Crippen LogP contribution in [0.15, 0.2) is 30.3 Å². The molecule has 96 valence electrons. The van der Waals surface area contributed by atoms with Gasteiger partial charge in [0.1, 0.15) is 5.52 Å². The van der Waals surface area contributed by atoms with Crippen molar-refractivity contribution in [3.05, 3.63) is 47.3 Å². The summed E-state index contributed by atoms with van der Waals surface area (Å²) in [4.78, 5) is 4.45. The molecule has 2 heterocycles. The van der Waals surface area contributed by atoms with E-state index >= 15 is 0 Å². The van der Waals surface area contributed by atoms with Crippen molar-refractivity contribution >= 4 is 11.0 Å². The van der Waals surface area contributed by atoms with Gasteiger partial charge in [-0.05, 0) is 32.0 Å². The van der Waals surface area contributed by atoms with E-state index in [9.17, 15) is 0 Å². The molecule has 0 saturated heterocycles. The maximum Gasteiger partial charge on any atom is 0.113 e. The van der Waals surface area contributed by atoms with Crippen LogP contribution in [0, 0.1) is 13.8 Å². The molecule has 19 heavy (non-hydrogen) atoms. The van der Waals surface area contributed by atoms with E-state index in [2.05, 4.69) is 15.3 Å². The third-order valence-corrected chi connectivity index (χ3v) is 3.22. The summed E-state index contributed by atoms with van der Waals surface area (Å²) in [6.07, 6.45) is 0. The molecule has 0 spiro atoms. The van der Waals surface area contributed by atoms with Gasteiger partial charge in [-0.3, -0.25) is 4.98 Å². The van der Waals surface area contributed by atoms with Crippen LogP contribution in [0.4, 0.5) is 0 Å². The predicted octanol–water partition coefficient (Wildman–Crippen LogP) is 1.89. The SMILES string of the molecule is Cc1cc(-n2nnc3ccccc32)c(CN)c(C)n1. The van der Waals surface area contributed by atoms with Crippen LogP contribution in [0.5, 0.6) is 0 Å². The first kappa shape index (κ1) is 11.8. The van der Waals surface area contributed by atoms with Gasteiger partial charge in [0.25, 0.3) is 0 Å². The van der Waals surface area contributed by atoms with Crippen LogP contribution in [0.1, 0.15) is 17.0 Å². The van der Waals surface area contributed by atoms with Crippen LogP contribution in [-0.2, 0) is 6.54 Å². The zero-order valence-electron chi connectivity index (χ0n) is 11.0. The Bertz CT molecular complexity index is 745. The van der Waals surface area contributed by atoms with Gasteiger partial charge >= 0.3 is 0 Å². The van der Waals surface area contributed by atoms with E-state index in [1.165, 1.54) is 0 Å². The number of nitrogens with zero attached hydrogens (tertiary/aromatic N) is 4. The number of fused-ring (bicyclic) bond motifs is 1. The Morgan fingerprint density at radius 3 is 2.79 bits per heavy atom. The van der Waals surface area contributed by atoms with Crippen molar-refractivity contribution in [2.75, 3.05) is 0 Å². The largest absolute Gasteiger partial charge is 0.326 e. The van der Waals surface area contributed by atoms with Gasteiger partial charge in [0.2, 0.25) is 0 Å². The van der Waals surface area contributed by atoms with E-state index < -0.39 is 0 Å². The van der Waals surface area contributed by atoms with Gasteiger partial charge in [0, 0.05) is 23.5 Å². The molecule has 0 aliphatic carbocycles. The molecule has 5 heteroatoms. The summed E-state index contributed by atoms with van der Waals surface area (Å²) < 4.78 is 1.83. The predicted molar refractivity (Wildman–Crippen MR) is 74.0 cm³/mol. The highest BCUT2D eigenvalue weighted by molar-refractivity contribution is 5.76. The van der Waals surface area contributed by atoms with E-state index in [1.807, 2.05) is 48.9 Å². The Morgan fingerprint density at radius 1 is 1.21 bits per heavy atom. The van der Waals surface area contributed by atoms with E-state index in [0.29, 0.717) is 6.54 Å². The van der Waals surface area contributed by atoms with Gasteiger partial charge in [0.15, 0.2) is 0 Å². The van der Waals surface area contributed by atoms with Gasteiger partial charge in [-0.1, -0.05) is 17.3 Å². The van der Waals surface area contributed by atoms with Gasteiger partial charge in [0.05, 0.1) is 11.2 Å². The first-order chi connectivity index (χ1) is 9.20. The second kappa shape index (κ2) is 4.44. The van der Waals surface area contributed by atoms with Crippen molar-refractivity contribution in [2.24, 2.45) is 5.73 Å². The molecule has 3 aromatic rings. The van der Waals surface area contributed by atoms with Crippen LogP contribution < -0.4 is 5.73 Å². The standard InChI is InChI=1S/C14H15N5/c1-9-7-14(11(8-15)10(2)16-9)19-13-6-4-3-5-12(13)17-18-19/h3-7H,8,15H2,1-2H3. The average molecular weight is 253 g/mol. The molecular formula is C14H15N5. The first-order valence-corrected chi connectivity index (χ1v) is 6.18. The second-order valence-corrected chi connectivity index (χ2v) is 4.54. The lowest BCUT2D eigenvalue weighted by atomic mass is 10.1. The van der Waals surface area contributed by atoms with Gasteiger partial charge in [-0.2, -0.15) is 0 Å². The van der Waals surface area contributed by atoms with Gasteiger partial charge < -0.3 is 5.73 Å². The molecule has 2 aromatic heterocycles. The van der Waals surface area contributed by atoms with Crippen LogP contribution in [0.25, 0.3) is 16.7 Å². The third-order valence-electron chi connectivity index (χ3n) is 3.22. The fourth-order valence-corrected chi connectivity index (χ4v) is 2.32. The maximum absolute atomic E-state index is 5.85. The molecule has 0 aliphatic rings. The molecule has 3 rings (SSSR count). The molecule has 0 saturated carbocycles. The lowest BCUT2D eigenvalue weighted by Gasteiger charge is -2.11. The van der Waals surface area contributed by atoms with E-state index in [1.54, 1.807) is 0 Å². The maximum atomic E-state index is 5.85. The Labute approximate surface area is 111 Å². The minimum absolute atomic E-state index is 0.433. The fraction of sp³-hybridized carbons (Fsp3) is 0.214. The zero-order valence-corrected chi connectivity index (χ0v) is 11.0. The lowest BCUT2D eigenvalue weighted by molar-refractivity contribution is 0.802. The van der Waals surface area contributed by atoms with Crippen molar-refractivity contribution in [3.63, 3.8) is 0 Å². The van der Waals surface area contributed by atoms with Gasteiger partial charge in [-0.25, -0.2) is 4.68 Å². The van der Waals surface area contributed by atoms with Crippen molar-refractivity contribution < 1.29 is 0 Å². The van der Waals surface area contributed by atoms with Crippen molar-refractivity contribution in [2.45, 2.75) is 20.4 Å². The molecule has 0 fully saturated rings. The highest BCUT2D eigenvalue weighted by Gasteiger charge is 2.12. The highest BCUT2D eigenvalue weighted by atomic mass is 15.4. The van der Waals surface area contributed by atoms with Crippen molar-refractivity contribution in [3.8, 4) is 5.69 Å². The summed E-state index contributed by atoms with van der Waals surface area (Å²) in [6.45, 7) is 4.37. The summed E-state index contributed by atoms with van der Waals surface area (Å²) in [5, 5.41) is 8.42. The molecule has 0 atom stereocenters. The number of nitrogens with two attached hydrogens (primary N) is 1. The van der Waals surface area contributed by atoms with Crippen LogP contribution >= 0.6 is 0 Å². The Morgan fingerprint density at radius 2 is 2.00 bits per heavy atom. The number of aryl methyl sites for hydroxylation is 2. The lowest BCUT2D eigenvalue weighted by Crippen LogP contribution is -2.10. The number of hydrogen-bond donors (Lipinski definition) is 1. The third kappa shape index (κ3) is 1.88. The normalized spacial score (nSPS) is 11.1. The molecule has 0 radical (unpaired) electrons. The first-order valence-electron chi connectivity index (χ1n) is 6.18. The minimum atomic E-state index is 0.433. The minimum Gasteiger partial charge on any atom is -0.326 e. The molecular weight excluding hydrogens is 238 g/mol. The van der Waals surface area contributed by atoms with Gasteiger partial charge in [-0.15, -0.1) is 5.10 Å². The molecule has 5 nitrogen and oxygen atoms in total. The van der Waals surface area contributed by atoms with Crippen LogP contribution in [-0.4, -0.2) is 20.0 Å². The molecule has 0 unspecified atom stereocenters. The average Bonchev–Trinajstić information content (AvgIpc) is 2.81.